The summed E-state index contributed by atoms with van der Waals surface area (Å²) in [5.74, 6) is -0.0504. The first-order valence-corrected chi connectivity index (χ1v) is 7.74. The van der Waals surface area contributed by atoms with Crippen LogP contribution in [0.5, 0.6) is 0 Å². The number of nitrogens with one attached hydrogen (secondary N) is 2. The Morgan fingerprint density at radius 3 is 2.84 bits per heavy atom. The average Bonchev–Trinajstić information content (AvgIpc) is 2.76. The summed E-state index contributed by atoms with van der Waals surface area (Å²) in [5, 5.41) is 18.5. The largest absolute Gasteiger partial charge is 0.389 e. The molecular weight excluding hydrogens is 260 g/mol. The molecule has 0 unspecified atom stereocenters. The highest BCUT2D eigenvalue weighted by Gasteiger charge is 2.28. The fraction of sp³-hybridized carbons (Fsp3) is 0.643. The minimum atomic E-state index is -0.538. The molecule has 1 aliphatic carbocycles. The summed E-state index contributed by atoms with van der Waals surface area (Å²) in [6.45, 7) is 2.83. The number of hydrogen-bond acceptors (Lipinski definition) is 4. The van der Waals surface area contributed by atoms with Crippen molar-refractivity contribution in [1.29, 1.82) is 0 Å². The van der Waals surface area contributed by atoms with Gasteiger partial charge < -0.3 is 15.7 Å². The van der Waals surface area contributed by atoms with Crippen molar-refractivity contribution >= 4 is 22.9 Å². The maximum Gasteiger partial charge on any atom is 0.221 e. The Balaban J connectivity index is 1.82. The third-order valence-corrected chi connectivity index (χ3v) is 4.50. The van der Waals surface area contributed by atoms with Gasteiger partial charge in [0.1, 0.15) is 0 Å². The lowest BCUT2D eigenvalue weighted by molar-refractivity contribution is -0.114. The van der Waals surface area contributed by atoms with E-state index in [1.165, 1.54) is 13.3 Å². The first-order chi connectivity index (χ1) is 9.09. The number of hydrogen-bond donors (Lipinski definition) is 3. The number of amides is 1. The van der Waals surface area contributed by atoms with Crippen molar-refractivity contribution in [3.05, 3.63) is 16.3 Å². The topological polar surface area (TPSA) is 61.4 Å². The first kappa shape index (κ1) is 14.5. The van der Waals surface area contributed by atoms with Crippen LogP contribution in [-0.2, 0) is 11.3 Å². The molecule has 1 heterocycles. The molecule has 0 atom stereocenters. The van der Waals surface area contributed by atoms with Gasteiger partial charge in [-0.15, -0.1) is 11.3 Å². The Morgan fingerprint density at radius 2 is 2.16 bits per heavy atom. The number of carbonyl (C=O) groups excluding carboxylic acids is 1. The van der Waals surface area contributed by atoms with Gasteiger partial charge in [-0.05, 0) is 24.3 Å². The molecule has 106 valence electrons. The molecule has 0 spiro atoms. The van der Waals surface area contributed by atoms with E-state index in [2.05, 4.69) is 10.6 Å². The predicted molar refractivity (Wildman–Crippen MR) is 78.4 cm³/mol. The van der Waals surface area contributed by atoms with Gasteiger partial charge in [-0.25, -0.2) is 0 Å². The number of rotatable bonds is 5. The van der Waals surface area contributed by atoms with Crippen LogP contribution in [0.25, 0.3) is 0 Å². The minimum Gasteiger partial charge on any atom is -0.389 e. The molecule has 4 nitrogen and oxygen atoms in total. The summed E-state index contributed by atoms with van der Waals surface area (Å²) in [4.78, 5) is 12.2. The fourth-order valence-electron chi connectivity index (χ4n) is 2.57. The molecule has 1 fully saturated rings. The van der Waals surface area contributed by atoms with E-state index in [0.29, 0.717) is 13.1 Å². The SMILES string of the molecule is CC(=O)Nc1ccsc1CNCC1(O)CCCCC1. The van der Waals surface area contributed by atoms with Gasteiger partial charge in [0.05, 0.1) is 11.3 Å². The van der Waals surface area contributed by atoms with E-state index in [1.54, 1.807) is 11.3 Å². The second-order valence-corrected chi connectivity index (χ2v) is 6.33. The zero-order chi connectivity index (χ0) is 13.7. The molecule has 0 saturated heterocycles. The molecule has 1 saturated carbocycles. The highest BCUT2D eigenvalue weighted by molar-refractivity contribution is 7.10. The monoisotopic (exact) mass is 282 g/mol. The molecule has 2 rings (SSSR count). The molecule has 1 aromatic heterocycles. The molecule has 1 aliphatic rings. The lowest BCUT2D eigenvalue weighted by Gasteiger charge is -2.32. The Hall–Kier alpha value is -0.910. The second kappa shape index (κ2) is 6.50. The summed E-state index contributed by atoms with van der Waals surface area (Å²) >= 11 is 1.62. The normalized spacial score (nSPS) is 18.2. The standard InChI is InChI=1S/C14H22N2O2S/c1-11(17)16-12-5-8-19-13(12)9-15-10-14(18)6-3-2-4-7-14/h5,8,15,18H,2-4,6-7,9-10H2,1H3,(H,16,17). The Labute approximate surface area is 118 Å². The quantitative estimate of drug-likeness (QED) is 0.777. The molecular formula is C14H22N2O2S. The van der Waals surface area contributed by atoms with Gasteiger partial charge in [0, 0.05) is 24.9 Å². The van der Waals surface area contributed by atoms with Crippen molar-refractivity contribution in [2.24, 2.45) is 0 Å². The van der Waals surface area contributed by atoms with Gasteiger partial charge in [-0.3, -0.25) is 4.79 Å². The molecule has 1 aromatic rings. The molecule has 19 heavy (non-hydrogen) atoms. The third kappa shape index (κ3) is 4.30. The Bertz CT molecular complexity index is 425. The maximum atomic E-state index is 11.1. The smallest absolute Gasteiger partial charge is 0.221 e. The molecule has 0 bridgehead atoms. The zero-order valence-electron chi connectivity index (χ0n) is 11.4. The Morgan fingerprint density at radius 1 is 1.42 bits per heavy atom. The van der Waals surface area contributed by atoms with Crippen LogP contribution in [0.3, 0.4) is 0 Å². The first-order valence-electron chi connectivity index (χ1n) is 6.86. The second-order valence-electron chi connectivity index (χ2n) is 5.33. The van der Waals surface area contributed by atoms with Crippen LogP contribution in [0, 0.1) is 0 Å². The highest BCUT2D eigenvalue weighted by Crippen LogP contribution is 2.28. The van der Waals surface area contributed by atoms with Crippen LogP contribution in [0.4, 0.5) is 5.69 Å². The number of anilines is 1. The van der Waals surface area contributed by atoms with Crippen LogP contribution in [-0.4, -0.2) is 23.2 Å². The van der Waals surface area contributed by atoms with Gasteiger partial charge >= 0.3 is 0 Å². The lowest BCUT2D eigenvalue weighted by atomic mass is 9.85. The van der Waals surface area contributed by atoms with Crippen LogP contribution < -0.4 is 10.6 Å². The van der Waals surface area contributed by atoms with E-state index in [9.17, 15) is 9.90 Å². The van der Waals surface area contributed by atoms with Crippen molar-refractivity contribution in [2.75, 3.05) is 11.9 Å². The zero-order valence-corrected chi connectivity index (χ0v) is 12.2. The molecule has 3 N–H and O–H groups in total. The molecule has 0 aromatic carbocycles. The Kier molecular flexibility index (Phi) is 4.96. The maximum absolute atomic E-state index is 11.1. The van der Waals surface area contributed by atoms with Crippen molar-refractivity contribution in [1.82, 2.24) is 5.32 Å². The molecule has 0 radical (unpaired) electrons. The summed E-state index contributed by atoms with van der Waals surface area (Å²) in [7, 11) is 0. The van der Waals surface area contributed by atoms with Crippen LogP contribution in [0.15, 0.2) is 11.4 Å². The van der Waals surface area contributed by atoms with Crippen LogP contribution in [0.1, 0.15) is 43.9 Å². The molecule has 0 aliphatic heterocycles. The third-order valence-electron chi connectivity index (χ3n) is 3.58. The van der Waals surface area contributed by atoms with E-state index >= 15 is 0 Å². The average molecular weight is 282 g/mol. The van der Waals surface area contributed by atoms with E-state index in [4.69, 9.17) is 0 Å². The van der Waals surface area contributed by atoms with E-state index in [1.807, 2.05) is 11.4 Å². The van der Waals surface area contributed by atoms with E-state index in [-0.39, 0.29) is 5.91 Å². The van der Waals surface area contributed by atoms with Gasteiger partial charge in [-0.1, -0.05) is 19.3 Å². The number of aliphatic hydroxyl groups is 1. The van der Waals surface area contributed by atoms with E-state index < -0.39 is 5.60 Å². The fourth-order valence-corrected chi connectivity index (χ4v) is 3.37. The van der Waals surface area contributed by atoms with Gasteiger partial charge in [0.25, 0.3) is 0 Å². The lowest BCUT2D eigenvalue weighted by Crippen LogP contribution is -2.41. The molecule has 1 amide bonds. The molecule has 5 heteroatoms. The summed E-state index contributed by atoms with van der Waals surface area (Å²) in [5.41, 5.74) is 0.338. The number of carbonyl (C=O) groups is 1. The predicted octanol–water partition coefficient (Wildman–Crippen LogP) is 2.49. The number of thiophene rings is 1. The van der Waals surface area contributed by atoms with Crippen LogP contribution in [0.2, 0.25) is 0 Å². The van der Waals surface area contributed by atoms with Crippen LogP contribution >= 0.6 is 11.3 Å². The summed E-state index contributed by atoms with van der Waals surface area (Å²) in [6.07, 6.45) is 5.26. The van der Waals surface area contributed by atoms with Gasteiger partial charge in [0.15, 0.2) is 0 Å². The van der Waals surface area contributed by atoms with Crippen molar-refractivity contribution < 1.29 is 9.90 Å². The van der Waals surface area contributed by atoms with Crippen molar-refractivity contribution in [3.63, 3.8) is 0 Å². The van der Waals surface area contributed by atoms with Crippen molar-refractivity contribution in [3.8, 4) is 0 Å². The van der Waals surface area contributed by atoms with E-state index in [0.717, 1.165) is 36.2 Å². The highest BCUT2D eigenvalue weighted by atomic mass is 32.1. The van der Waals surface area contributed by atoms with Gasteiger partial charge in [-0.2, -0.15) is 0 Å². The minimum absolute atomic E-state index is 0.0504. The van der Waals surface area contributed by atoms with Gasteiger partial charge in [0.2, 0.25) is 5.91 Å². The summed E-state index contributed by atoms with van der Waals surface area (Å²) in [6, 6.07) is 1.92. The van der Waals surface area contributed by atoms with Crippen molar-refractivity contribution in [2.45, 2.75) is 51.2 Å². The summed E-state index contributed by atoms with van der Waals surface area (Å²) < 4.78 is 0.